The van der Waals surface area contributed by atoms with E-state index in [4.69, 9.17) is 9.47 Å². The van der Waals surface area contributed by atoms with Crippen molar-refractivity contribution in [2.75, 3.05) is 5.32 Å². The molecule has 0 unspecified atom stereocenters. The number of hydrogen-bond donors (Lipinski definition) is 1. The van der Waals surface area contributed by atoms with E-state index in [0.29, 0.717) is 5.56 Å². The number of nitrogens with one attached hydrogen (secondary N) is 1. The zero-order valence-electron chi connectivity index (χ0n) is 12.6. The third-order valence-corrected chi connectivity index (χ3v) is 2.97. The largest absolute Gasteiger partial charge is 0.419 e. The van der Waals surface area contributed by atoms with Crippen molar-refractivity contribution in [3.05, 3.63) is 41.1 Å². The maximum absolute atomic E-state index is 13.0. The number of halogens is 3. The monoisotopic (exact) mass is 329 g/mol. The van der Waals surface area contributed by atoms with Crippen molar-refractivity contribution >= 4 is 17.6 Å². The quantitative estimate of drug-likeness (QED) is 0.513. The molecule has 1 heterocycles. The second-order valence-electron chi connectivity index (χ2n) is 5.43. The molecule has 0 amide bonds. The molecule has 0 saturated carbocycles. The molecule has 23 heavy (non-hydrogen) atoms. The summed E-state index contributed by atoms with van der Waals surface area (Å²) in [6, 6.07) is 3.48. The summed E-state index contributed by atoms with van der Waals surface area (Å²) in [7, 11) is 0. The van der Waals surface area contributed by atoms with Crippen LogP contribution in [0.25, 0.3) is 0 Å². The van der Waals surface area contributed by atoms with Crippen LogP contribution >= 0.6 is 0 Å². The van der Waals surface area contributed by atoms with E-state index in [9.17, 15) is 22.8 Å². The van der Waals surface area contributed by atoms with Crippen LogP contribution < -0.4 is 5.32 Å². The first kappa shape index (κ1) is 16.9. The minimum Gasteiger partial charge on any atom is -0.419 e. The Morgan fingerprint density at radius 3 is 2.22 bits per heavy atom. The molecule has 0 radical (unpaired) electrons. The fraction of sp³-hybridized carbons (Fsp3) is 0.333. The van der Waals surface area contributed by atoms with E-state index in [1.54, 1.807) is 6.92 Å². The molecule has 0 aliphatic carbocycles. The van der Waals surface area contributed by atoms with Crippen LogP contribution in [0.1, 0.15) is 25.0 Å². The van der Waals surface area contributed by atoms with E-state index in [-0.39, 0.29) is 5.69 Å². The Balaban J connectivity index is 2.32. The highest BCUT2D eigenvalue weighted by Crippen LogP contribution is 2.35. The maximum atomic E-state index is 13.0. The summed E-state index contributed by atoms with van der Waals surface area (Å²) >= 11 is 0. The van der Waals surface area contributed by atoms with Gasteiger partial charge in [0, 0.05) is 20.0 Å². The van der Waals surface area contributed by atoms with E-state index in [2.05, 4.69) is 5.32 Å². The number of alkyl halides is 3. The summed E-state index contributed by atoms with van der Waals surface area (Å²) in [5.74, 6) is -3.36. The fourth-order valence-corrected chi connectivity index (χ4v) is 1.95. The van der Waals surface area contributed by atoms with Crippen molar-refractivity contribution in [1.82, 2.24) is 0 Å². The number of ether oxygens (including phenoxy) is 2. The molecule has 1 aromatic carbocycles. The predicted octanol–water partition coefficient (Wildman–Crippen LogP) is 3.15. The number of benzene rings is 1. The molecule has 1 N–H and O–H groups in total. The van der Waals surface area contributed by atoms with Gasteiger partial charge in [0.15, 0.2) is 5.57 Å². The Kier molecular flexibility index (Phi) is 4.10. The van der Waals surface area contributed by atoms with Crippen LogP contribution in [-0.2, 0) is 25.2 Å². The second kappa shape index (κ2) is 5.60. The average molecular weight is 329 g/mol. The summed E-state index contributed by atoms with van der Waals surface area (Å²) in [6.45, 7) is 4.36. The van der Waals surface area contributed by atoms with Crippen molar-refractivity contribution in [2.24, 2.45) is 0 Å². The van der Waals surface area contributed by atoms with E-state index < -0.39 is 35.0 Å². The lowest BCUT2D eigenvalue weighted by Crippen LogP contribution is -2.42. The Hall–Kier alpha value is -2.51. The lowest BCUT2D eigenvalue weighted by Gasteiger charge is -2.29. The Morgan fingerprint density at radius 1 is 1.13 bits per heavy atom. The third-order valence-electron chi connectivity index (χ3n) is 2.97. The molecule has 124 valence electrons. The van der Waals surface area contributed by atoms with Crippen molar-refractivity contribution in [3.63, 3.8) is 0 Å². The number of carbonyl (C=O) groups excluding carboxylic acids is 2. The fourth-order valence-electron chi connectivity index (χ4n) is 1.95. The van der Waals surface area contributed by atoms with Gasteiger partial charge in [0.25, 0.3) is 5.79 Å². The number of anilines is 1. The SMILES string of the molecule is Cc1ccc(C(F)(F)F)c(NC=C2C(=O)OC(C)(C)OC2=O)c1. The first-order valence-electron chi connectivity index (χ1n) is 6.61. The van der Waals surface area contributed by atoms with Crippen LogP contribution in [0, 0.1) is 6.92 Å². The van der Waals surface area contributed by atoms with Crippen molar-refractivity contribution in [1.29, 1.82) is 0 Å². The van der Waals surface area contributed by atoms with Crippen LogP contribution in [0.4, 0.5) is 18.9 Å². The van der Waals surface area contributed by atoms with E-state index in [1.807, 2.05) is 0 Å². The average Bonchev–Trinajstić information content (AvgIpc) is 2.34. The summed E-state index contributed by atoms with van der Waals surface area (Å²) in [5.41, 5.74) is -1.14. The van der Waals surface area contributed by atoms with Crippen LogP contribution in [-0.4, -0.2) is 17.7 Å². The molecule has 1 saturated heterocycles. The summed E-state index contributed by atoms with van der Waals surface area (Å²) in [4.78, 5) is 23.5. The normalized spacial score (nSPS) is 17.4. The number of aryl methyl sites for hydroxylation is 1. The number of hydrogen-bond acceptors (Lipinski definition) is 5. The third kappa shape index (κ3) is 3.82. The highest BCUT2D eigenvalue weighted by atomic mass is 19.4. The van der Waals surface area contributed by atoms with Gasteiger partial charge in [-0.3, -0.25) is 0 Å². The molecule has 0 aromatic heterocycles. The molecule has 8 heteroatoms. The highest BCUT2D eigenvalue weighted by molar-refractivity contribution is 6.15. The van der Waals surface area contributed by atoms with Gasteiger partial charge in [0.2, 0.25) is 0 Å². The second-order valence-corrected chi connectivity index (χ2v) is 5.43. The van der Waals surface area contributed by atoms with Crippen LogP contribution in [0.2, 0.25) is 0 Å². The van der Waals surface area contributed by atoms with Gasteiger partial charge in [0.05, 0.1) is 11.3 Å². The van der Waals surface area contributed by atoms with Crippen molar-refractivity contribution < 1.29 is 32.2 Å². The molecule has 5 nitrogen and oxygen atoms in total. The summed E-state index contributed by atoms with van der Waals surface area (Å²) in [5, 5.41) is 2.33. The number of cyclic esters (lactones) is 2. The summed E-state index contributed by atoms with van der Waals surface area (Å²) < 4.78 is 48.6. The molecule has 0 spiro atoms. The van der Waals surface area contributed by atoms with Crippen LogP contribution in [0.3, 0.4) is 0 Å². The number of carbonyl (C=O) groups is 2. The predicted molar refractivity (Wildman–Crippen MR) is 74.1 cm³/mol. The van der Waals surface area contributed by atoms with Crippen molar-refractivity contribution in [2.45, 2.75) is 32.7 Å². The van der Waals surface area contributed by atoms with E-state index in [0.717, 1.165) is 12.3 Å². The van der Waals surface area contributed by atoms with Gasteiger partial charge in [0.1, 0.15) is 0 Å². The van der Waals surface area contributed by atoms with Gasteiger partial charge < -0.3 is 14.8 Å². The maximum Gasteiger partial charge on any atom is 0.418 e. The first-order chi connectivity index (χ1) is 10.5. The standard InChI is InChI=1S/C15H14F3NO4/c1-8-4-5-10(15(16,17)18)11(6-8)19-7-9-12(20)22-14(2,3)23-13(9)21/h4-7,19H,1-3H3. The zero-order valence-corrected chi connectivity index (χ0v) is 12.6. The van der Waals surface area contributed by atoms with Crippen molar-refractivity contribution in [3.8, 4) is 0 Å². The topological polar surface area (TPSA) is 64.6 Å². The minimum absolute atomic E-state index is 0.282. The molecule has 1 fully saturated rings. The molecule has 1 aromatic rings. The molecular formula is C15H14F3NO4. The van der Waals surface area contributed by atoms with E-state index in [1.165, 1.54) is 26.0 Å². The van der Waals surface area contributed by atoms with Gasteiger partial charge in [-0.25, -0.2) is 9.59 Å². The highest BCUT2D eigenvalue weighted by Gasteiger charge is 2.39. The number of esters is 2. The van der Waals surface area contributed by atoms with Crippen LogP contribution in [0.15, 0.2) is 30.0 Å². The minimum atomic E-state index is -4.58. The molecular weight excluding hydrogens is 315 g/mol. The first-order valence-corrected chi connectivity index (χ1v) is 6.61. The lowest BCUT2D eigenvalue weighted by atomic mass is 10.1. The molecule has 0 bridgehead atoms. The number of rotatable bonds is 2. The molecule has 0 atom stereocenters. The molecule has 1 aliphatic heterocycles. The molecule has 1 aliphatic rings. The van der Waals surface area contributed by atoms with Gasteiger partial charge >= 0.3 is 18.1 Å². The summed E-state index contributed by atoms with van der Waals surface area (Å²) in [6.07, 6.45) is -3.73. The Labute approximate surface area is 130 Å². The van der Waals surface area contributed by atoms with E-state index >= 15 is 0 Å². The lowest BCUT2D eigenvalue weighted by molar-refractivity contribution is -0.222. The zero-order chi connectivity index (χ0) is 17.4. The van der Waals surface area contributed by atoms with Gasteiger partial charge in [-0.1, -0.05) is 6.07 Å². The molecule has 2 rings (SSSR count). The van der Waals surface area contributed by atoms with Gasteiger partial charge in [-0.15, -0.1) is 0 Å². The van der Waals surface area contributed by atoms with Crippen LogP contribution in [0.5, 0.6) is 0 Å². The Morgan fingerprint density at radius 2 is 1.70 bits per heavy atom. The van der Waals surface area contributed by atoms with Gasteiger partial charge in [-0.05, 0) is 24.6 Å². The smallest absolute Gasteiger partial charge is 0.418 e. The Bertz CT molecular complexity index is 670. The van der Waals surface area contributed by atoms with Gasteiger partial charge in [-0.2, -0.15) is 13.2 Å².